The number of carboxylic acid groups (broad SMARTS) is 2. The molecular weight excluding hydrogens is 143 g/mol. The average Bonchev–Trinajstić information content (AvgIpc) is 1.36. The van der Waals surface area contributed by atoms with Crippen molar-refractivity contribution in [1.29, 1.82) is 0 Å². The topological polar surface area (TPSA) is 138 Å². The fourth-order valence-electron chi connectivity index (χ4n) is 0. The van der Waals surface area contributed by atoms with Crippen LogP contribution in [0, 0.1) is 0 Å². The van der Waals surface area contributed by atoms with Crippen LogP contribution in [0.25, 0.3) is 0 Å². The maximum Gasteiger partial charge on any atom is 1.00 e. The first-order valence-corrected chi connectivity index (χ1v) is 1.11. The van der Waals surface area contributed by atoms with Gasteiger partial charge in [0.05, 0.1) is 0 Å². The third kappa shape index (κ3) is 18.1. The minimum atomic E-state index is -1.82. The predicted molar refractivity (Wildman–Crippen MR) is 23.6 cm³/mol. The molecule has 6 N–H and O–H groups in total. The predicted octanol–water partition coefficient (Wildman–Crippen LogP) is -5.38. The Morgan fingerprint density at radius 2 is 1.11 bits per heavy atom. The zero-order chi connectivity index (χ0) is 5.15. The summed E-state index contributed by atoms with van der Waals surface area (Å²) in [6.45, 7) is 0. The number of aliphatic carboxylic acids is 2. The first-order chi connectivity index (χ1) is 2.64. The van der Waals surface area contributed by atoms with Gasteiger partial charge in [0.1, 0.15) is 0 Å². The normalized spacial score (nSPS) is 4.89. The van der Waals surface area contributed by atoms with Gasteiger partial charge in [0.15, 0.2) is 0 Å². The second-order valence-corrected chi connectivity index (χ2v) is 0.610. The van der Waals surface area contributed by atoms with Crippen LogP contribution in [-0.2, 0) is 9.59 Å². The molecule has 0 aromatic rings. The summed E-state index contributed by atoms with van der Waals surface area (Å²) in [6, 6.07) is 0. The molecule has 0 saturated carbocycles. The van der Waals surface area contributed by atoms with Crippen LogP contribution >= 0.6 is 0 Å². The van der Waals surface area contributed by atoms with Crippen molar-refractivity contribution in [3.63, 3.8) is 0 Å². The van der Waals surface area contributed by atoms with Gasteiger partial charge in [0.25, 0.3) is 0 Å². The molecule has 0 aliphatic rings. The Labute approximate surface area is 73.9 Å². The van der Waals surface area contributed by atoms with E-state index in [1.165, 1.54) is 0 Å². The fourth-order valence-corrected chi connectivity index (χ4v) is 0. The summed E-state index contributed by atoms with van der Waals surface area (Å²) >= 11 is 0. The van der Waals surface area contributed by atoms with Crippen LogP contribution in [0.5, 0.6) is 0 Å². The van der Waals surface area contributed by atoms with Gasteiger partial charge in [-0.15, -0.1) is 0 Å². The summed E-state index contributed by atoms with van der Waals surface area (Å²) < 4.78 is 0. The SMILES string of the molecule is O.O.O=C(O)C(=O)O.[H-].[Na+]. The number of carboxylic acids is 2. The largest absolute Gasteiger partial charge is 1.00 e. The molecule has 0 saturated heterocycles. The molecule has 0 heterocycles. The standard InChI is InChI=1S/C2H2O4.Na.2H2O.H/c3-1(4)2(5)6;;;;/h(H,3,4)(H,5,6);;2*1H2;/q;+1;;;-1. The van der Waals surface area contributed by atoms with Crippen LogP contribution in [0.3, 0.4) is 0 Å². The molecule has 0 atom stereocenters. The molecule has 0 spiro atoms. The van der Waals surface area contributed by atoms with E-state index in [0.717, 1.165) is 0 Å². The quantitative estimate of drug-likeness (QED) is 0.263. The van der Waals surface area contributed by atoms with E-state index in [2.05, 4.69) is 0 Å². The van der Waals surface area contributed by atoms with Gasteiger partial charge in [-0.3, -0.25) is 0 Å². The first-order valence-electron chi connectivity index (χ1n) is 1.11. The molecule has 0 aromatic heterocycles. The van der Waals surface area contributed by atoms with Gasteiger partial charge in [-0.25, -0.2) is 9.59 Å². The van der Waals surface area contributed by atoms with Gasteiger partial charge in [-0.05, 0) is 0 Å². The molecule has 0 fully saturated rings. The number of hydrogen-bond donors (Lipinski definition) is 2. The van der Waals surface area contributed by atoms with Crippen molar-refractivity contribution in [2.24, 2.45) is 0 Å². The molecule has 0 rings (SSSR count). The maximum atomic E-state index is 9.10. The molecule has 7 heteroatoms. The Kier molecular flexibility index (Phi) is 27.7. The van der Waals surface area contributed by atoms with Gasteiger partial charge in [-0.1, -0.05) is 0 Å². The van der Waals surface area contributed by atoms with Crippen molar-refractivity contribution in [3.8, 4) is 0 Å². The summed E-state index contributed by atoms with van der Waals surface area (Å²) in [5.41, 5.74) is 0. The molecular formula is C2H7NaO6. The van der Waals surface area contributed by atoms with E-state index in [4.69, 9.17) is 19.8 Å². The van der Waals surface area contributed by atoms with Crippen LogP contribution in [0.4, 0.5) is 0 Å². The van der Waals surface area contributed by atoms with Crippen LogP contribution in [0.1, 0.15) is 1.43 Å². The van der Waals surface area contributed by atoms with Gasteiger partial charge in [-0.2, -0.15) is 0 Å². The molecule has 0 amide bonds. The van der Waals surface area contributed by atoms with Crippen molar-refractivity contribution in [1.82, 2.24) is 0 Å². The summed E-state index contributed by atoms with van der Waals surface area (Å²) in [5, 5.41) is 14.8. The molecule has 9 heavy (non-hydrogen) atoms. The second-order valence-electron chi connectivity index (χ2n) is 0.610. The van der Waals surface area contributed by atoms with Crippen LogP contribution in [0.15, 0.2) is 0 Å². The zero-order valence-electron chi connectivity index (χ0n) is 5.71. The minimum absolute atomic E-state index is 0. The van der Waals surface area contributed by atoms with Crippen LogP contribution in [0.2, 0.25) is 0 Å². The molecule has 6 nitrogen and oxygen atoms in total. The van der Waals surface area contributed by atoms with E-state index in [0.29, 0.717) is 0 Å². The van der Waals surface area contributed by atoms with Gasteiger partial charge in [0, 0.05) is 0 Å². The Hall–Kier alpha value is -0.140. The molecule has 0 unspecified atom stereocenters. The van der Waals surface area contributed by atoms with Crippen LogP contribution in [-0.4, -0.2) is 33.1 Å². The van der Waals surface area contributed by atoms with E-state index in [1.54, 1.807) is 0 Å². The molecule has 0 aromatic carbocycles. The van der Waals surface area contributed by atoms with Crippen LogP contribution < -0.4 is 29.6 Å². The van der Waals surface area contributed by atoms with Crippen molar-refractivity contribution < 1.29 is 61.7 Å². The molecule has 0 aliphatic heterocycles. The fraction of sp³-hybridized carbons (Fsp3) is 0. The molecule has 52 valence electrons. The third-order valence-electron chi connectivity index (χ3n) is 0.183. The Bertz CT molecular complexity index is 81.7. The van der Waals surface area contributed by atoms with Gasteiger partial charge < -0.3 is 22.6 Å². The minimum Gasteiger partial charge on any atom is -1.00 e. The summed E-state index contributed by atoms with van der Waals surface area (Å²) in [6.07, 6.45) is 0. The smallest absolute Gasteiger partial charge is 1.00 e. The zero-order valence-corrected chi connectivity index (χ0v) is 6.71. The average molecular weight is 150 g/mol. The number of rotatable bonds is 0. The summed E-state index contributed by atoms with van der Waals surface area (Å²) in [7, 11) is 0. The summed E-state index contributed by atoms with van der Waals surface area (Å²) in [5.74, 6) is -3.65. The van der Waals surface area contributed by atoms with E-state index < -0.39 is 11.9 Å². The van der Waals surface area contributed by atoms with Gasteiger partial charge >= 0.3 is 41.5 Å². The Morgan fingerprint density at radius 3 is 1.11 bits per heavy atom. The van der Waals surface area contributed by atoms with E-state index in [-0.39, 0.29) is 41.9 Å². The second kappa shape index (κ2) is 10.8. The molecule has 0 radical (unpaired) electrons. The molecule has 0 aliphatic carbocycles. The molecule has 0 bridgehead atoms. The number of carbonyl (C=O) groups is 2. The Morgan fingerprint density at radius 1 is 1.00 bits per heavy atom. The van der Waals surface area contributed by atoms with Gasteiger partial charge in [0.2, 0.25) is 0 Å². The maximum absolute atomic E-state index is 9.10. The van der Waals surface area contributed by atoms with Crippen molar-refractivity contribution in [2.45, 2.75) is 0 Å². The third-order valence-corrected chi connectivity index (χ3v) is 0.183. The van der Waals surface area contributed by atoms with Crippen molar-refractivity contribution in [2.75, 3.05) is 0 Å². The van der Waals surface area contributed by atoms with E-state index in [9.17, 15) is 0 Å². The first kappa shape index (κ1) is 23.2. The van der Waals surface area contributed by atoms with Crippen molar-refractivity contribution in [3.05, 3.63) is 0 Å². The monoisotopic (exact) mass is 150 g/mol. The van der Waals surface area contributed by atoms with E-state index >= 15 is 0 Å². The Balaban J connectivity index is -0.0000000208. The van der Waals surface area contributed by atoms with E-state index in [1.807, 2.05) is 0 Å². The summed E-state index contributed by atoms with van der Waals surface area (Å²) in [4.78, 5) is 18.2. The number of hydrogen-bond acceptors (Lipinski definition) is 2. The van der Waals surface area contributed by atoms with Crippen molar-refractivity contribution >= 4 is 11.9 Å².